The molecule has 92 valence electrons. The predicted octanol–water partition coefficient (Wildman–Crippen LogP) is 2.00. The molecule has 0 spiro atoms. The summed E-state index contributed by atoms with van der Waals surface area (Å²) in [5, 5.41) is 14.3. The average molecular weight is 226 g/mol. The molecular weight excluding hydrogens is 204 g/mol. The number of rotatable bonds is 7. The SMILES string of the molecule is CCCn1cc(C(O)C(C)CCOC)cn1. The van der Waals surface area contributed by atoms with Gasteiger partial charge < -0.3 is 9.84 Å². The number of aliphatic hydroxyl groups excluding tert-OH is 1. The number of aromatic nitrogens is 2. The summed E-state index contributed by atoms with van der Waals surface area (Å²) >= 11 is 0. The highest BCUT2D eigenvalue weighted by Crippen LogP contribution is 2.23. The Morgan fingerprint density at radius 2 is 2.31 bits per heavy atom. The van der Waals surface area contributed by atoms with Gasteiger partial charge in [0.25, 0.3) is 0 Å². The minimum absolute atomic E-state index is 0.194. The molecule has 0 aliphatic carbocycles. The predicted molar refractivity (Wildman–Crippen MR) is 63.1 cm³/mol. The van der Waals surface area contributed by atoms with E-state index in [4.69, 9.17) is 4.74 Å². The highest BCUT2D eigenvalue weighted by atomic mass is 16.5. The van der Waals surface area contributed by atoms with Crippen molar-refractivity contribution >= 4 is 0 Å². The summed E-state index contributed by atoms with van der Waals surface area (Å²) in [6.07, 6.45) is 5.15. The van der Waals surface area contributed by atoms with Crippen LogP contribution in [0.25, 0.3) is 0 Å². The fourth-order valence-electron chi connectivity index (χ4n) is 1.67. The third-order valence-corrected chi connectivity index (χ3v) is 2.76. The van der Waals surface area contributed by atoms with Crippen LogP contribution in [-0.2, 0) is 11.3 Å². The molecule has 0 bridgehead atoms. The maximum absolute atomic E-state index is 10.1. The van der Waals surface area contributed by atoms with E-state index in [2.05, 4.69) is 12.0 Å². The molecule has 0 fully saturated rings. The Labute approximate surface area is 97.2 Å². The summed E-state index contributed by atoms with van der Waals surface area (Å²) in [7, 11) is 1.68. The van der Waals surface area contributed by atoms with Crippen molar-refractivity contribution in [2.75, 3.05) is 13.7 Å². The van der Waals surface area contributed by atoms with Gasteiger partial charge in [-0.25, -0.2) is 0 Å². The van der Waals surface area contributed by atoms with Crippen molar-refractivity contribution < 1.29 is 9.84 Å². The molecular formula is C12H22N2O2. The van der Waals surface area contributed by atoms with Crippen LogP contribution in [0.4, 0.5) is 0 Å². The zero-order chi connectivity index (χ0) is 12.0. The number of methoxy groups -OCH3 is 1. The van der Waals surface area contributed by atoms with Gasteiger partial charge in [0.2, 0.25) is 0 Å². The van der Waals surface area contributed by atoms with Gasteiger partial charge in [0.05, 0.1) is 12.3 Å². The second-order valence-corrected chi connectivity index (χ2v) is 4.24. The van der Waals surface area contributed by atoms with Gasteiger partial charge in [-0.15, -0.1) is 0 Å². The maximum atomic E-state index is 10.1. The summed E-state index contributed by atoms with van der Waals surface area (Å²) in [5.41, 5.74) is 0.900. The minimum Gasteiger partial charge on any atom is -0.388 e. The molecule has 1 aromatic heterocycles. The Kier molecular flexibility index (Phi) is 5.49. The molecule has 0 aliphatic rings. The Balaban J connectivity index is 2.53. The quantitative estimate of drug-likeness (QED) is 0.773. The lowest BCUT2D eigenvalue weighted by atomic mass is 9.97. The van der Waals surface area contributed by atoms with Gasteiger partial charge in [-0.2, -0.15) is 5.10 Å². The molecule has 16 heavy (non-hydrogen) atoms. The van der Waals surface area contributed by atoms with Gasteiger partial charge in [0.15, 0.2) is 0 Å². The highest BCUT2D eigenvalue weighted by molar-refractivity contribution is 5.08. The van der Waals surface area contributed by atoms with Crippen LogP contribution in [0.15, 0.2) is 12.4 Å². The summed E-state index contributed by atoms with van der Waals surface area (Å²) in [6, 6.07) is 0. The van der Waals surface area contributed by atoms with E-state index in [1.54, 1.807) is 13.3 Å². The van der Waals surface area contributed by atoms with Crippen LogP contribution >= 0.6 is 0 Å². The zero-order valence-electron chi connectivity index (χ0n) is 10.4. The van der Waals surface area contributed by atoms with Gasteiger partial charge in [0, 0.05) is 32.0 Å². The molecule has 1 aromatic rings. The summed E-state index contributed by atoms with van der Waals surface area (Å²) in [4.78, 5) is 0. The summed E-state index contributed by atoms with van der Waals surface area (Å²) in [5.74, 6) is 0.194. The van der Waals surface area contributed by atoms with E-state index in [-0.39, 0.29) is 5.92 Å². The van der Waals surface area contributed by atoms with Crippen molar-refractivity contribution in [2.24, 2.45) is 5.92 Å². The van der Waals surface area contributed by atoms with Crippen LogP contribution in [0.2, 0.25) is 0 Å². The van der Waals surface area contributed by atoms with Crippen LogP contribution in [0.3, 0.4) is 0 Å². The van der Waals surface area contributed by atoms with Crippen LogP contribution in [0, 0.1) is 5.92 Å². The standard InChI is InChI=1S/C12H22N2O2/c1-4-6-14-9-11(8-13-14)12(15)10(2)5-7-16-3/h8-10,12,15H,4-7H2,1-3H3. The van der Waals surface area contributed by atoms with Crippen molar-refractivity contribution in [1.29, 1.82) is 0 Å². The molecule has 1 rings (SSSR count). The molecule has 4 nitrogen and oxygen atoms in total. The van der Waals surface area contributed by atoms with Crippen molar-refractivity contribution in [1.82, 2.24) is 9.78 Å². The number of aliphatic hydroxyl groups is 1. The smallest absolute Gasteiger partial charge is 0.0846 e. The fourth-order valence-corrected chi connectivity index (χ4v) is 1.67. The van der Waals surface area contributed by atoms with E-state index in [9.17, 15) is 5.11 Å². The molecule has 2 atom stereocenters. The first kappa shape index (κ1) is 13.2. The van der Waals surface area contributed by atoms with Crippen molar-refractivity contribution in [3.63, 3.8) is 0 Å². The molecule has 1 N–H and O–H groups in total. The summed E-state index contributed by atoms with van der Waals surface area (Å²) in [6.45, 7) is 5.72. The van der Waals surface area contributed by atoms with E-state index < -0.39 is 6.10 Å². The lowest BCUT2D eigenvalue weighted by molar-refractivity contribution is 0.0885. The topological polar surface area (TPSA) is 47.3 Å². The molecule has 1 heterocycles. The van der Waals surface area contributed by atoms with E-state index in [0.29, 0.717) is 6.61 Å². The molecule has 2 unspecified atom stereocenters. The normalized spacial score (nSPS) is 15.0. The third-order valence-electron chi connectivity index (χ3n) is 2.76. The summed E-state index contributed by atoms with van der Waals surface area (Å²) < 4.78 is 6.89. The number of aryl methyl sites for hydroxylation is 1. The van der Waals surface area contributed by atoms with Crippen molar-refractivity contribution in [3.8, 4) is 0 Å². The molecule has 0 saturated carbocycles. The zero-order valence-corrected chi connectivity index (χ0v) is 10.4. The Morgan fingerprint density at radius 1 is 1.56 bits per heavy atom. The van der Waals surface area contributed by atoms with Crippen molar-refractivity contribution in [3.05, 3.63) is 18.0 Å². The first-order chi connectivity index (χ1) is 7.69. The molecule has 0 aromatic carbocycles. The second kappa shape index (κ2) is 6.66. The lowest BCUT2D eigenvalue weighted by Gasteiger charge is -2.16. The van der Waals surface area contributed by atoms with Crippen LogP contribution in [-0.4, -0.2) is 28.6 Å². The monoisotopic (exact) mass is 226 g/mol. The van der Waals surface area contributed by atoms with Gasteiger partial charge in [-0.05, 0) is 18.8 Å². The number of nitrogens with zero attached hydrogens (tertiary/aromatic N) is 2. The fraction of sp³-hybridized carbons (Fsp3) is 0.750. The Morgan fingerprint density at radius 3 is 2.94 bits per heavy atom. The lowest BCUT2D eigenvalue weighted by Crippen LogP contribution is -2.11. The molecule has 0 radical (unpaired) electrons. The van der Waals surface area contributed by atoms with E-state index >= 15 is 0 Å². The maximum Gasteiger partial charge on any atom is 0.0846 e. The Bertz CT molecular complexity index is 299. The van der Waals surface area contributed by atoms with Gasteiger partial charge in [-0.3, -0.25) is 4.68 Å². The number of hydrogen-bond acceptors (Lipinski definition) is 3. The molecule has 0 amide bonds. The Hall–Kier alpha value is -0.870. The third kappa shape index (κ3) is 3.61. The van der Waals surface area contributed by atoms with E-state index in [1.165, 1.54) is 0 Å². The first-order valence-corrected chi connectivity index (χ1v) is 5.88. The van der Waals surface area contributed by atoms with Gasteiger partial charge in [0.1, 0.15) is 0 Å². The van der Waals surface area contributed by atoms with E-state index in [1.807, 2.05) is 17.8 Å². The minimum atomic E-state index is -0.444. The highest BCUT2D eigenvalue weighted by Gasteiger charge is 2.17. The van der Waals surface area contributed by atoms with Crippen LogP contribution in [0.5, 0.6) is 0 Å². The largest absolute Gasteiger partial charge is 0.388 e. The first-order valence-electron chi connectivity index (χ1n) is 5.88. The van der Waals surface area contributed by atoms with Gasteiger partial charge >= 0.3 is 0 Å². The number of ether oxygens (including phenoxy) is 1. The second-order valence-electron chi connectivity index (χ2n) is 4.24. The van der Waals surface area contributed by atoms with Crippen LogP contribution < -0.4 is 0 Å². The molecule has 0 saturated heterocycles. The number of hydrogen-bond donors (Lipinski definition) is 1. The van der Waals surface area contributed by atoms with E-state index in [0.717, 1.165) is 24.9 Å². The van der Waals surface area contributed by atoms with Crippen LogP contribution in [0.1, 0.15) is 38.4 Å². The molecule has 0 aliphatic heterocycles. The average Bonchev–Trinajstić information content (AvgIpc) is 2.74. The van der Waals surface area contributed by atoms with Crippen molar-refractivity contribution in [2.45, 2.75) is 39.3 Å². The van der Waals surface area contributed by atoms with Gasteiger partial charge in [-0.1, -0.05) is 13.8 Å². The molecule has 4 heteroatoms.